The van der Waals surface area contributed by atoms with Crippen LogP contribution < -0.4 is 11.1 Å². The van der Waals surface area contributed by atoms with Crippen molar-refractivity contribution in [3.05, 3.63) is 77.0 Å². The summed E-state index contributed by atoms with van der Waals surface area (Å²) in [5.74, 6) is -0.127. The lowest BCUT2D eigenvalue weighted by molar-refractivity contribution is 0.0697. The summed E-state index contributed by atoms with van der Waals surface area (Å²) in [6.07, 6.45) is 1.59. The summed E-state index contributed by atoms with van der Waals surface area (Å²) in [5.41, 5.74) is 10.6. The fraction of sp³-hybridized carbons (Fsp3) is 0.0526. The third-order valence-corrected chi connectivity index (χ3v) is 4.12. The predicted molar refractivity (Wildman–Crippen MR) is 98.9 cm³/mol. The number of fused-ring (bicyclic) bond motifs is 1. The Bertz CT molecular complexity index is 1030. The van der Waals surface area contributed by atoms with Crippen molar-refractivity contribution in [3.63, 3.8) is 0 Å². The number of carbonyl (C=O) groups is 1. The van der Waals surface area contributed by atoms with E-state index < -0.39 is 5.97 Å². The number of carboxylic acids is 1. The predicted octanol–water partition coefficient (Wildman–Crippen LogP) is 2.85. The smallest absolute Gasteiger partial charge is 0.335 e. The number of nitrogens with two attached hydrogens (primary N) is 1. The number of aromatic nitrogens is 2. The molecular formula is C19H15N5O2. The van der Waals surface area contributed by atoms with Gasteiger partial charge in [0.25, 0.3) is 0 Å². The average molecular weight is 345 g/mol. The molecule has 0 bridgehead atoms. The number of benzene rings is 2. The van der Waals surface area contributed by atoms with Crippen LogP contribution in [0.5, 0.6) is 0 Å². The topological polar surface area (TPSA) is 113 Å². The lowest BCUT2D eigenvalue weighted by Crippen LogP contribution is -2.04. The number of nitrogens with zero attached hydrogens (tertiary/aromatic N) is 3. The maximum absolute atomic E-state index is 11.0. The van der Waals surface area contributed by atoms with Crippen LogP contribution in [-0.2, 0) is 6.54 Å². The number of nitrogen functional groups attached to an aromatic ring is 1. The van der Waals surface area contributed by atoms with Crippen molar-refractivity contribution in [1.29, 1.82) is 0 Å². The Morgan fingerprint density at radius 3 is 2.65 bits per heavy atom. The molecular weight excluding hydrogens is 330 g/mol. The first-order valence-electron chi connectivity index (χ1n) is 7.97. The molecule has 0 aliphatic carbocycles. The zero-order valence-corrected chi connectivity index (χ0v) is 13.7. The van der Waals surface area contributed by atoms with Crippen LogP contribution in [0, 0.1) is 0 Å². The van der Waals surface area contributed by atoms with Gasteiger partial charge < -0.3 is 16.2 Å². The van der Waals surface area contributed by atoms with E-state index in [0.717, 1.165) is 28.1 Å². The molecule has 0 radical (unpaired) electrons. The minimum Gasteiger partial charge on any atom is -0.478 e. The SMILES string of the molecule is Nc1nccc(Nc2ccc3c(c2)C(c2ccc(C(=O)O)cc2)=NC3)n1. The van der Waals surface area contributed by atoms with E-state index in [1.165, 1.54) is 0 Å². The second kappa shape index (κ2) is 6.29. The van der Waals surface area contributed by atoms with Crippen LogP contribution in [0.15, 0.2) is 59.7 Å². The molecule has 0 amide bonds. The Balaban J connectivity index is 1.64. The summed E-state index contributed by atoms with van der Waals surface area (Å²) >= 11 is 0. The zero-order chi connectivity index (χ0) is 18.1. The maximum Gasteiger partial charge on any atom is 0.335 e. The Hall–Kier alpha value is -3.74. The highest BCUT2D eigenvalue weighted by Gasteiger charge is 2.18. The first-order valence-corrected chi connectivity index (χ1v) is 7.97. The first-order chi connectivity index (χ1) is 12.6. The fourth-order valence-electron chi connectivity index (χ4n) is 2.87. The molecule has 128 valence electrons. The lowest BCUT2D eigenvalue weighted by atomic mass is 9.98. The van der Waals surface area contributed by atoms with Crippen LogP contribution in [0.25, 0.3) is 0 Å². The van der Waals surface area contributed by atoms with Crippen molar-refractivity contribution in [1.82, 2.24) is 9.97 Å². The quantitative estimate of drug-likeness (QED) is 0.670. The van der Waals surface area contributed by atoms with Gasteiger partial charge in [0.1, 0.15) is 5.82 Å². The van der Waals surface area contributed by atoms with Gasteiger partial charge in [-0.15, -0.1) is 0 Å². The van der Waals surface area contributed by atoms with Gasteiger partial charge in [-0.25, -0.2) is 9.78 Å². The maximum atomic E-state index is 11.0. The number of rotatable bonds is 4. The molecule has 0 spiro atoms. The normalized spacial score (nSPS) is 12.4. The highest BCUT2D eigenvalue weighted by atomic mass is 16.4. The van der Waals surface area contributed by atoms with Crippen LogP contribution >= 0.6 is 0 Å². The lowest BCUT2D eigenvalue weighted by Gasteiger charge is -2.10. The molecule has 0 atom stereocenters. The second-order valence-electron chi connectivity index (χ2n) is 5.84. The molecule has 1 aliphatic rings. The number of nitrogens with one attached hydrogen (secondary N) is 1. The molecule has 0 saturated heterocycles. The van der Waals surface area contributed by atoms with Crippen LogP contribution in [-0.4, -0.2) is 26.8 Å². The zero-order valence-electron chi connectivity index (χ0n) is 13.7. The number of anilines is 3. The van der Waals surface area contributed by atoms with Crippen LogP contribution in [0.1, 0.15) is 27.0 Å². The minimum absolute atomic E-state index is 0.205. The highest BCUT2D eigenvalue weighted by Crippen LogP contribution is 2.27. The molecule has 4 rings (SSSR count). The van der Waals surface area contributed by atoms with E-state index in [-0.39, 0.29) is 11.5 Å². The average Bonchev–Trinajstić information content (AvgIpc) is 3.05. The van der Waals surface area contributed by atoms with Crippen LogP contribution in [0.3, 0.4) is 0 Å². The van der Waals surface area contributed by atoms with E-state index in [0.29, 0.717) is 12.4 Å². The molecule has 1 aliphatic heterocycles. The summed E-state index contributed by atoms with van der Waals surface area (Å²) in [4.78, 5) is 23.6. The molecule has 0 unspecified atom stereocenters. The summed E-state index contributed by atoms with van der Waals surface area (Å²) in [6.45, 7) is 0.603. The molecule has 26 heavy (non-hydrogen) atoms. The van der Waals surface area contributed by atoms with Crippen molar-refractivity contribution >= 4 is 29.1 Å². The summed E-state index contributed by atoms with van der Waals surface area (Å²) < 4.78 is 0. The van der Waals surface area contributed by atoms with E-state index in [1.54, 1.807) is 36.5 Å². The van der Waals surface area contributed by atoms with Crippen LogP contribution in [0.2, 0.25) is 0 Å². The van der Waals surface area contributed by atoms with E-state index in [2.05, 4.69) is 20.3 Å². The monoisotopic (exact) mass is 345 g/mol. The number of hydrogen-bond acceptors (Lipinski definition) is 6. The molecule has 1 aromatic heterocycles. The Kier molecular flexibility index (Phi) is 3.81. The van der Waals surface area contributed by atoms with Gasteiger partial charge in [0.2, 0.25) is 5.95 Å². The van der Waals surface area contributed by atoms with E-state index in [1.807, 2.05) is 18.2 Å². The fourth-order valence-corrected chi connectivity index (χ4v) is 2.87. The summed E-state index contributed by atoms with van der Waals surface area (Å²) in [5, 5.41) is 12.2. The molecule has 3 aromatic rings. The van der Waals surface area contributed by atoms with Crippen molar-refractivity contribution in [2.75, 3.05) is 11.1 Å². The minimum atomic E-state index is -0.944. The third kappa shape index (κ3) is 2.98. The first kappa shape index (κ1) is 15.8. The summed E-state index contributed by atoms with van der Waals surface area (Å²) in [6, 6.07) is 14.5. The van der Waals surface area contributed by atoms with Gasteiger partial charge in [-0.05, 0) is 35.9 Å². The Labute approximate surface area is 149 Å². The van der Waals surface area contributed by atoms with Crippen molar-refractivity contribution in [3.8, 4) is 0 Å². The van der Waals surface area contributed by atoms with Gasteiger partial charge in [-0.2, -0.15) is 4.98 Å². The van der Waals surface area contributed by atoms with Gasteiger partial charge >= 0.3 is 5.97 Å². The van der Waals surface area contributed by atoms with Gasteiger partial charge in [0, 0.05) is 23.0 Å². The van der Waals surface area contributed by atoms with Gasteiger partial charge in [-0.1, -0.05) is 18.2 Å². The Morgan fingerprint density at radius 1 is 1.12 bits per heavy atom. The van der Waals surface area contributed by atoms with E-state index in [9.17, 15) is 4.79 Å². The molecule has 0 fully saturated rings. The largest absolute Gasteiger partial charge is 0.478 e. The van der Waals surface area contributed by atoms with Crippen molar-refractivity contribution in [2.45, 2.75) is 6.54 Å². The van der Waals surface area contributed by atoms with Gasteiger partial charge in [0.05, 0.1) is 17.8 Å². The van der Waals surface area contributed by atoms with E-state index >= 15 is 0 Å². The molecule has 7 heteroatoms. The molecule has 4 N–H and O–H groups in total. The molecule has 7 nitrogen and oxygen atoms in total. The summed E-state index contributed by atoms with van der Waals surface area (Å²) in [7, 11) is 0. The number of aromatic carboxylic acids is 1. The highest BCUT2D eigenvalue weighted by molar-refractivity contribution is 6.15. The van der Waals surface area contributed by atoms with Gasteiger partial charge in [-0.3, -0.25) is 4.99 Å². The van der Waals surface area contributed by atoms with Gasteiger partial charge in [0.15, 0.2) is 0 Å². The number of aliphatic imine (C=N–C) groups is 1. The van der Waals surface area contributed by atoms with Crippen molar-refractivity contribution < 1.29 is 9.90 Å². The molecule has 0 saturated carbocycles. The molecule has 2 heterocycles. The number of carboxylic acid groups (broad SMARTS) is 1. The van der Waals surface area contributed by atoms with E-state index in [4.69, 9.17) is 10.8 Å². The Morgan fingerprint density at radius 2 is 1.92 bits per heavy atom. The van der Waals surface area contributed by atoms with Crippen LogP contribution in [0.4, 0.5) is 17.5 Å². The van der Waals surface area contributed by atoms with Crippen molar-refractivity contribution in [2.24, 2.45) is 4.99 Å². The third-order valence-electron chi connectivity index (χ3n) is 4.12. The number of hydrogen-bond donors (Lipinski definition) is 3. The molecule has 2 aromatic carbocycles. The second-order valence-corrected chi connectivity index (χ2v) is 5.84. The standard InChI is InChI=1S/C19H15N5O2/c20-19-21-8-7-16(24-19)23-14-6-5-13-10-22-17(15(13)9-14)11-1-3-12(4-2-11)18(25)26/h1-9H,10H2,(H,25,26)(H3,20,21,23,24).